The number of aliphatic hydroxyl groups excluding tert-OH is 1. The maximum atomic E-state index is 9.87. The van der Waals surface area contributed by atoms with Crippen LogP contribution in [0.5, 0.6) is 0 Å². The summed E-state index contributed by atoms with van der Waals surface area (Å²) in [5, 5.41) is 9.87. The van der Waals surface area contributed by atoms with E-state index >= 15 is 0 Å². The fraction of sp³-hybridized carbons (Fsp3) is 1.00. The molecule has 0 radical (unpaired) electrons. The van der Waals surface area contributed by atoms with Crippen molar-refractivity contribution in [3.8, 4) is 0 Å². The van der Waals surface area contributed by atoms with Crippen molar-refractivity contribution in [1.82, 2.24) is 4.90 Å². The third-order valence-corrected chi connectivity index (χ3v) is 4.78. The first-order valence-corrected chi connectivity index (χ1v) is 7.12. The van der Waals surface area contributed by atoms with Crippen molar-refractivity contribution in [2.45, 2.75) is 45.6 Å². The van der Waals surface area contributed by atoms with E-state index in [-0.39, 0.29) is 11.5 Å². The van der Waals surface area contributed by atoms with Crippen LogP contribution in [-0.2, 0) is 0 Å². The average molecular weight is 240 g/mol. The molecule has 0 aromatic rings. The standard InChI is InChI=1S/C14H28N2O/c1-14(2,10-15)6-3-7-16-8-11-4-5-13(17)12(11)9-16/h11-13,17H,3-10,15H2,1-2H3. The molecule has 1 heterocycles. The second-order valence-electron chi connectivity index (χ2n) is 6.80. The third kappa shape index (κ3) is 3.21. The molecule has 0 aromatic heterocycles. The summed E-state index contributed by atoms with van der Waals surface area (Å²) in [7, 11) is 0. The number of rotatable bonds is 5. The van der Waals surface area contributed by atoms with E-state index in [1.54, 1.807) is 0 Å². The van der Waals surface area contributed by atoms with E-state index in [0.29, 0.717) is 5.92 Å². The largest absolute Gasteiger partial charge is 0.393 e. The number of nitrogens with two attached hydrogens (primary N) is 1. The molecule has 17 heavy (non-hydrogen) atoms. The number of hydrogen-bond donors (Lipinski definition) is 2. The molecular weight excluding hydrogens is 212 g/mol. The van der Waals surface area contributed by atoms with Crippen molar-refractivity contribution in [3.63, 3.8) is 0 Å². The Balaban J connectivity index is 1.69. The maximum Gasteiger partial charge on any atom is 0.0583 e. The summed E-state index contributed by atoms with van der Waals surface area (Å²) >= 11 is 0. The molecule has 1 aliphatic carbocycles. The molecule has 2 fully saturated rings. The van der Waals surface area contributed by atoms with E-state index in [9.17, 15) is 5.11 Å². The zero-order valence-corrected chi connectivity index (χ0v) is 11.4. The number of nitrogens with zero attached hydrogens (tertiary/aromatic N) is 1. The molecule has 0 amide bonds. The summed E-state index contributed by atoms with van der Waals surface area (Å²) in [4.78, 5) is 2.55. The highest BCUT2D eigenvalue weighted by molar-refractivity contribution is 4.93. The van der Waals surface area contributed by atoms with Crippen LogP contribution in [0.15, 0.2) is 0 Å². The van der Waals surface area contributed by atoms with E-state index in [1.165, 1.54) is 32.4 Å². The highest BCUT2D eigenvalue weighted by Gasteiger charge is 2.41. The van der Waals surface area contributed by atoms with Gasteiger partial charge in [-0.1, -0.05) is 13.8 Å². The monoisotopic (exact) mass is 240 g/mol. The Bertz CT molecular complexity index is 255. The van der Waals surface area contributed by atoms with Gasteiger partial charge in [0.15, 0.2) is 0 Å². The molecule has 3 atom stereocenters. The van der Waals surface area contributed by atoms with Crippen LogP contribution < -0.4 is 5.73 Å². The van der Waals surface area contributed by atoms with Crippen LogP contribution >= 0.6 is 0 Å². The van der Waals surface area contributed by atoms with Gasteiger partial charge in [0.1, 0.15) is 0 Å². The molecule has 0 bridgehead atoms. The topological polar surface area (TPSA) is 49.5 Å². The quantitative estimate of drug-likeness (QED) is 0.765. The summed E-state index contributed by atoms with van der Waals surface area (Å²) in [5.41, 5.74) is 6.03. The van der Waals surface area contributed by atoms with Crippen LogP contribution in [0.3, 0.4) is 0 Å². The Labute approximate surface area is 105 Å². The lowest BCUT2D eigenvalue weighted by Crippen LogP contribution is -2.28. The number of likely N-dealkylation sites (tertiary alicyclic amines) is 1. The van der Waals surface area contributed by atoms with E-state index in [4.69, 9.17) is 5.73 Å². The van der Waals surface area contributed by atoms with Gasteiger partial charge in [-0.3, -0.25) is 0 Å². The highest BCUT2D eigenvalue weighted by Crippen LogP contribution is 2.38. The van der Waals surface area contributed by atoms with Crippen molar-refractivity contribution in [2.24, 2.45) is 23.0 Å². The molecule has 3 nitrogen and oxygen atoms in total. The molecule has 3 N–H and O–H groups in total. The van der Waals surface area contributed by atoms with Crippen molar-refractivity contribution in [1.29, 1.82) is 0 Å². The Kier molecular flexibility index (Phi) is 4.11. The Hall–Kier alpha value is -0.120. The van der Waals surface area contributed by atoms with Gasteiger partial charge in [-0.25, -0.2) is 0 Å². The molecule has 100 valence electrons. The van der Waals surface area contributed by atoms with Gasteiger partial charge in [-0.15, -0.1) is 0 Å². The van der Waals surface area contributed by atoms with E-state index in [0.717, 1.165) is 25.4 Å². The van der Waals surface area contributed by atoms with Gasteiger partial charge in [0.25, 0.3) is 0 Å². The normalized spacial score (nSPS) is 34.2. The summed E-state index contributed by atoms with van der Waals surface area (Å²) in [6.07, 6.45) is 4.68. The van der Waals surface area contributed by atoms with Gasteiger partial charge >= 0.3 is 0 Å². The molecular formula is C14H28N2O. The summed E-state index contributed by atoms with van der Waals surface area (Å²) < 4.78 is 0. The smallest absolute Gasteiger partial charge is 0.0583 e. The van der Waals surface area contributed by atoms with Crippen molar-refractivity contribution < 1.29 is 5.11 Å². The van der Waals surface area contributed by atoms with Crippen LogP contribution in [0.25, 0.3) is 0 Å². The maximum absolute atomic E-state index is 9.87. The summed E-state index contributed by atoms with van der Waals surface area (Å²) in [6, 6.07) is 0. The minimum Gasteiger partial charge on any atom is -0.393 e. The predicted octanol–water partition coefficient (Wildman–Crippen LogP) is 1.45. The van der Waals surface area contributed by atoms with Crippen LogP contribution in [0.4, 0.5) is 0 Å². The molecule has 1 saturated heterocycles. The molecule has 2 aliphatic rings. The number of hydrogen-bond acceptors (Lipinski definition) is 3. The zero-order valence-electron chi connectivity index (χ0n) is 11.4. The van der Waals surface area contributed by atoms with Gasteiger partial charge in [-0.05, 0) is 50.1 Å². The second-order valence-corrected chi connectivity index (χ2v) is 6.80. The molecule has 1 saturated carbocycles. The number of aliphatic hydroxyl groups is 1. The molecule has 3 heteroatoms. The Morgan fingerprint density at radius 3 is 2.71 bits per heavy atom. The fourth-order valence-corrected chi connectivity index (χ4v) is 3.39. The van der Waals surface area contributed by atoms with Crippen LogP contribution in [-0.4, -0.2) is 42.3 Å². The van der Waals surface area contributed by atoms with E-state index in [2.05, 4.69) is 18.7 Å². The van der Waals surface area contributed by atoms with E-state index < -0.39 is 0 Å². The van der Waals surface area contributed by atoms with Gasteiger partial charge in [-0.2, -0.15) is 0 Å². The molecule has 1 aliphatic heterocycles. The van der Waals surface area contributed by atoms with Gasteiger partial charge < -0.3 is 15.7 Å². The lowest BCUT2D eigenvalue weighted by Gasteiger charge is -2.24. The van der Waals surface area contributed by atoms with Crippen molar-refractivity contribution >= 4 is 0 Å². The van der Waals surface area contributed by atoms with Crippen LogP contribution in [0, 0.1) is 17.3 Å². The van der Waals surface area contributed by atoms with Crippen LogP contribution in [0.2, 0.25) is 0 Å². The first kappa shape index (κ1) is 13.3. The summed E-state index contributed by atoms with van der Waals surface area (Å²) in [6.45, 7) is 8.78. The third-order valence-electron chi connectivity index (χ3n) is 4.78. The Morgan fingerprint density at radius 1 is 1.29 bits per heavy atom. The Morgan fingerprint density at radius 2 is 2.06 bits per heavy atom. The first-order chi connectivity index (χ1) is 8.02. The fourth-order valence-electron chi connectivity index (χ4n) is 3.39. The second kappa shape index (κ2) is 5.25. The van der Waals surface area contributed by atoms with Crippen LogP contribution in [0.1, 0.15) is 39.5 Å². The number of fused-ring (bicyclic) bond motifs is 1. The molecule has 0 spiro atoms. The minimum atomic E-state index is -0.0227. The first-order valence-electron chi connectivity index (χ1n) is 7.12. The van der Waals surface area contributed by atoms with Crippen molar-refractivity contribution in [2.75, 3.05) is 26.2 Å². The summed E-state index contributed by atoms with van der Waals surface area (Å²) in [5.74, 6) is 1.34. The van der Waals surface area contributed by atoms with E-state index in [1.807, 2.05) is 0 Å². The lowest BCUT2D eigenvalue weighted by molar-refractivity contribution is 0.123. The predicted molar refractivity (Wildman–Crippen MR) is 70.7 cm³/mol. The van der Waals surface area contributed by atoms with Gasteiger partial charge in [0.2, 0.25) is 0 Å². The molecule has 0 aromatic carbocycles. The highest BCUT2D eigenvalue weighted by atomic mass is 16.3. The minimum absolute atomic E-state index is 0.0227. The van der Waals surface area contributed by atoms with Gasteiger partial charge in [0.05, 0.1) is 6.10 Å². The molecule has 2 rings (SSSR count). The average Bonchev–Trinajstić information content (AvgIpc) is 2.81. The zero-order chi connectivity index (χ0) is 12.5. The SMILES string of the molecule is CC(C)(CN)CCCN1CC2CCC(O)C2C1. The lowest BCUT2D eigenvalue weighted by atomic mass is 9.88. The van der Waals surface area contributed by atoms with Crippen molar-refractivity contribution in [3.05, 3.63) is 0 Å². The molecule has 3 unspecified atom stereocenters. The van der Waals surface area contributed by atoms with Gasteiger partial charge in [0, 0.05) is 19.0 Å².